The molecule has 7 nitrogen and oxygen atoms in total. The second-order valence-corrected chi connectivity index (χ2v) is 6.14. The van der Waals surface area contributed by atoms with Gasteiger partial charge in [-0.3, -0.25) is 9.59 Å². The van der Waals surface area contributed by atoms with Crippen molar-refractivity contribution in [2.24, 2.45) is 0 Å². The van der Waals surface area contributed by atoms with Crippen molar-refractivity contribution < 1.29 is 9.59 Å². The van der Waals surface area contributed by atoms with Gasteiger partial charge in [0.2, 0.25) is 5.91 Å². The number of piperidine rings is 1. The molecular weight excluding hydrogens is 306 g/mol. The monoisotopic (exact) mass is 327 g/mol. The third-order valence-corrected chi connectivity index (χ3v) is 4.30. The quantitative estimate of drug-likeness (QED) is 0.922. The zero-order valence-corrected chi connectivity index (χ0v) is 13.9. The van der Waals surface area contributed by atoms with Crippen LogP contribution in [0.2, 0.25) is 0 Å². The van der Waals surface area contributed by atoms with E-state index in [1.54, 1.807) is 22.7 Å². The van der Waals surface area contributed by atoms with Crippen molar-refractivity contribution >= 4 is 11.8 Å². The van der Waals surface area contributed by atoms with Gasteiger partial charge in [0.1, 0.15) is 0 Å². The molecule has 1 aliphatic rings. The van der Waals surface area contributed by atoms with Crippen LogP contribution >= 0.6 is 0 Å². The highest BCUT2D eigenvalue weighted by Crippen LogP contribution is 2.12. The van der Waals surface area contributed by atoms with Crippen molar-refractivity contribution in [1.82, 2.24) is 25.2 Å². The normalized spacial score (nSPS) is 15.3. The largest absolute Gasteiger partial charge is 0.348 e. The van der Waals surface area contributed by atoms with Gasteiger partial charge in [-0.15, -0.1) is 5.10 Å². The number of carbonyl (C=O) groups is 2. The average molecular weight is 327 g/mol. The summed E-state index contributed by atoms with van der Waals surface area (Å²) in [5, 5.41) is 11.0. The van der Waals surface area contributed by atoms with Crippen LogP contribution in [0.5, 0.6) is 0 Å². The number of aryl methyl sites for hydroxylation is 1. The van der Waals surface area contributed by atoms with Crippen molar-refractivity contribution in [3.8, 4) is 5.69 Å². The summed E-state index contributed by atoms with van der Waals surface area (Å²) in [7, 11) is 0. The first kappa shape index (κ1) is 16.2. The molecule has 2 heterocycles. The van der Waals surface area contributed by atoms with Crippen LogP contribution in [0, 0.1) is 6.92 Å². The van der Waals surface area contributed by atoms with Crippen molar-refractivity contribution in [3.63, 3.8) is 0 Å². The Balaban J connectivity index is 1.60. The molecular formula is C17H21N5O2. The molecule has 1 aromatic heterocycles. The van der Waals surface area contributed by atoms with Crippen molar-refractivity contribution in [1.29, 1.82) is 0 Å². The van der Waals surface area contributed by atoms with Gasteiger partial charge in [0.25, 0.3) is 5.91 Å². The number of nitrogens with zero attached hydrogens (tertiary/aromatic N) is 4. The Kier molecular flexibility index (Phi) is 4.59. The van der Waals surface area contributed by atoms with Crippen LogP contribution < -0.4 is 5.32 Å². The van der Waals surface area contributed by atoms with E-state index in [1.165, 1.54) is 0 Å². The number of nitrogens with one attached hydrogen (secondary N) is 1. The number of rotatable bonds is 3. The predicted octanol–water partition coefficient (Wildman–Crippen LogP) is 1.32. The van der Waals surface area contributed by atoms with E-state index in [-0.39, 0.29) is 17.9 Å². The Morgan fingerprint density at radius 3 is 2.46 bits per heavy atom. The predicted molar refractivity (Wildman–Crippen MR) is 88.8 cm³/mol. The number of amides is 2. The van der Waals surface area contributed by atoms with Crippen LogP contribution in [0.25, 0.3) is 5.69 Å². The molecule has 0 spiro atoms. The van der Waals surface area contributed by atoms with Crippen molar-refractivity contribution in [3.05, 3.63) is 41.7 Å². The molecule has 0 unspecified atom stereocenters. The topological polar surface area (TPSA) is 80.1 Å². The Morgan fingerprint density at radius 2 is 1.83 bits per heavy atom. The summed E-state index contributed by atoms with van der Waals surface area (Å²) in [5.74, 6) is -0.143. The van der Waals surface area contributed by atoms with Crippen LogP contribution in [0.3, 0.4) is 0 Å². The van der Waals surface area contributed by atoms with E-state index in [2.05, 4.69) is 15.6 Å². The third-order valence-electron chi connectivity index (χ3n) is 4.30. The van der Waals surface area contributed by atoms with E-state index in [4.69, 9.17) is 0 Å². The van der Waals surface area contributed by atoms with E-state index in [9.17, 15) is 9.59 Å². The van der Waals surface area contributed by atoms with Gasteiger partial charge in [0, 0.05) is 26.1 Å². The molecule has 1 aliphatic heterocycles. The van der Waals surface area contributed by atoms with Crippen molar-refractivity contribution in [2.45, 2.75) is 32.7 Å². The highest BCUT2D eigenvalue weighted by Gasteiger charge is 2.23. The van der Waals surface area contributed by atoms with E-state index >= 15 is 0 Å². The highest BCUT2D eigenvalue weighted by molar-refractivity contribution is 5.92. The van der Waals surface area contributed by atoms with E-state index in [1.807, 2.05) is 31.2 Å². The summed E-state index contributed by atoms with van der Waals surface area (Å²) in [5.41, 5.74) is 2.32. The van der Waals surface area contributed by atoms with Gasteiger partial charge in [-0.05, 0) is 31.9 Å². The SMILES string of the molecule is CC(=O)N1CCC(NC(=O)c2cn(-c3ccc(C)cc3)nn2)CC1. The fraction of sp³-hybridized carbons (Fsp3) is 0.412. The van der Waals surface area contributed by atoms with Gasteiger partial charge in [-0.2, -0.15) is 0 Å². The smallest absolute Gasteiger partial charge is 0.273 e. The number of aromatic nitrogens is 3. The fourth-order valence-electron chi connectivity index (χ4n) is 2.79. The van der Waals surface area contributed by atoms with Crippen LogP contribution in [-0.4, -0.2) is 50.8 Å². The minimum Gasteiger partial charge on any atom is -0.348 e. The Morgan fingerprint density at radius 1 is 1.17 bits per heavy atom. The standard InChI is InChI=1S/C17H21N5O2/c1-12-3-5-15(6-4-12)22-11-16(19-20-22)17(24)18-14-7-9-21(10-8-14)13(2)23/h3-6,11,14H,7-10H2,1-2H3,(H,18,24). The summed E-state index contributed by atoms with van der Waals surface area (Å²) in [6, 6.07) is 7.91. The zero-order chi connectivity index (χ0) is 17.1. The summed E-state index contributed by atoms with van der Waals surface area (Å²) in [6.45, 7) is 4.94. The molecule has 126 valence electrons. The maximum atomic E-state index is 12.3. The lowest BCUT2D eigenvalue weighted by Crippen LogP contribution is -2.46. The van der Waals surface area contributed by atoms with Crippen LogP contribution in [0.4, 0.5) is 0 Å². The molecule has 2 aromatic rings. The molecule has 0 saturated carbocycles. The molecule has 24 heavy (non-hydrogen) atoms. The van der Waals surface area contributed by atoms with Gasteiger partial charge in [-0.1, -0.05) is 22.9 Å². The highest BCUT2D eigenvalue weighted by atomic mass is 16.2. The number of likely N-dealkylation sites (tertiary alicyclic amines) is 1. The third kappa shape index (κ3) is 3.61. The molecule has 1 aromatic carbocycles. The minimum absolute atomic E-state index is 0.0672. The molecule has 0 aliphatic carbocycles. The lowest BCUT2D eigenvalue weighted by atomic mass is 10.0. The van der Waals surface area contributed by atoms with Gasteiger partial charge < -0.3 is 10.2 Å². The number of benzene rings is 1. The van der Waals surface area contributed by atoms with E-state index in [0.717, 1.165) is 24.1 Å². The fourth-order valence-corrected chi connectivity index (χ4v) is 2.79. The molecule has 0 atom stereocenters. The van der Waals surface area contributed by atoms with Crippen LogP contribution in [0.1, 0.15) is 35.8 Å². The lowest BCUT2D eigenvalue weighted by molar-refractivity contribution is -0.129. The summed E-state index contributed by atoms with van der Waals surface area (Å²) in [4.78, 5) is 25.4. The van der Waals surface area contributed by atoms with E-state index < -0.39 is 0 Å². The molecule has 3 rings (SSSR count). The van der Waals surface area contributed by atoms with E-state index in [0.29, 0.717) is 18.8 Å². The van der Waals surface area contributed by atoms with Crippen LogP contribution in [-0.2, 0) is 4.79 Å². The summed E-state index contributed by atoms with van der Waals surface area (Å²) >= 11 is 0. The summed E-state index contributed by atoms with van der Waals surface area (Å²) < 4.78 is 1.59. The molecule has 1 saturated heterocycles. The maximum Gasteiger partial charge on any atom is 0.273 e. The Hall–Kier alpha value is -2.70. The first-order valence-electron chi connectivity index (χ1n) is 8.08. The molecule has 1 N–H and O–H groups in total. The van der Waals surface area contributed by atoms with Crippen LogP contribution in [0.15, 0.2) is 30.5 Å². The molecule has 0 bridgehead atoms. The summed E-state index contributed by atoms with van der Waals surface area (Å²) in [6.07, 6.45) is 3.15. The van der Waals surface area contributed by atoms with Crippen molar-refractivity contribution in [2.75, 3.05) is 13.1 Å². The molecule has 2 amide bonds. The molecule has 7 heteroatoms. The minimum atomic E-state index is -0.227. The maximum absolute atomic E-state index is 12.3. The lowest BCUT2D eigenvalue weighted by Gasteiger charge is -2.31. The van der Waals surface area contributed by atoms with Gasteiger partial charge in [0.15, 0.2) is 5.69 Å². The van der Waals surface area contributed by atoms with Gasteiger partial charge in [-0.25, -0.2) is 4.68 Å². The number of carbonyl (C=O) groups excluding carboxylic acids is 2. The second-order valence-electron chi connectivity index (χ2n) is 6.14. The van der Waals surface area contributed by atoms with Gasteiger partial charge >= 0.3 is 0 Å². The number of hydrogen-bond acceptors (Lipinski definition) is 4. The average Bonchev–Trinajstić information content (AvgIpc) is 3.06. The first-order valence-corrected chi connectivity index (χ1v) is 8.08. The number of hydrogen-bond donors (Lipinski definition) is 1. The van der Waals surface area contributed by atoms with Gasteiger partial charge in [0.05, 0.1) is 11.9 Å². The molecule has 1 fully saturated rings. The molecule has 0 radical (unpaired) electrons. The second kappa shape index (κ2) is 6.82. The Bertz CT molecular complexity index is 730. The Labute approximate surface area is 140 Å². The first-order chi connectivity index (χ1) is 11.5. The zero-order valence-electron chi connectivity index (χ0n) is 13.9.